The molecule has 0 aliphatic carbocycles. The highest BCUT2D eigenvalue weighted by molar-refractivity contribution is 6.32. The van der Waals surface area contributed by atoms with Crippen molar-refractivity contribution in [3.8, 4) is 34.3 Å². The maximum absolute atomic E-state index is 12.9. The van der Waals surface area contributed by atoms with E-state index in [1.165, 1.54) is 12.1 Å². The highest BCUT2D eigenvalue weighted by Crippen LogP contribution is 2.39. The number of amides is 1. The van der Waals surface area contributed by atoms with Gasteiger partial charge in [0.1, 0.15) is 17.2 Å². The summed E-state index contributed by atoms with van der Waals surface area (Å²) in [6, 6.07) is 8.15. The molecule has 5 rings (SSSR count). The molecule has 3 aromatic rings. The molecule has 0 bridgehead atoms. The topological polar surface area (TPSA) is 108 Å². The van der Waals surface area contributed by atoms with E-state index in [2.05, 4.69) is 10.2 Å². The monoisotopic (exact) mass is 427 g/mol. The number of carbonyl (C=O) groups excluding carboxylic acids is 1. The molecule has 2 aliphatic rings. The number of ether oxygens (including phenoxy) is 2. The average Bonchev–Trinajstić information content (AvgIpc) is 3.36. The van der Waals surface area contributed by atoms with Gasteiger partial charge in [-0.05, 0) is 23.8 Å². The maximum atomic E-state index is 12.9. The van der Waals surface area contributed by atoms with Gasteiger partial charge in [0.05, 0.1) is 11.4 Å². The predicted octanol–water partition coefficient (Wildman–Crippen LogP) is 3.00. The van der Waals surface area contributed by atoms with E-state index >= 15 is 0 Å². The molecule has 0 radical (unpaired) electrons. The molecule has 154 valence electrons. The van der Waals surface area contributed by atoms with Crippen molar-refractivity contribution in [3.63, 3.8) is 0 Å². The number of phenolic OH excluding ortho intramolecular Hbond substituents is 2. The van der Waals surface area contributed by atoms with Crippen molar-refractivity contribution in [2.75, 3.05) is 13.3 Å². The van der Waals surface area contributed by atoms with Gasteiger partial charge in [-0.3, -0.25) is 9.89 Å². The van der Waals surface area contributed by atoms with E-state index in [9.17, 15) is 15.0 Å². The summed E-state index contributed by atoms with van der Waals surface area (Å²) in [6.45, 7) is 1.13. The Morgan fingerprint density at radius 2 is 2.00 bits per heavy atom. The van der Waals surface area contributed by atoms with Gasteiger partial charge in [0.2, 0.25) is 12.7 Å². The van der Waals surface area contributed by atoms with Gasteiger partial charge in [0.25, 0.3) is 0 Å². The number of benzene rings is 2. The third-order valence-electron chi connectivity index (χ3n) is 5.40. The molecule has 0 saturated carbocycles. The van der Waals surface area contributed by atoms with E-state index in [0.29, 0.717) is 42.3 Å². The van der Waals surface area contributed by atoms with Crippen LogP contribution in [0.1, 0.15) is 16.8 Å². The predicted molar refractivity (Wildman–Crippen MR) is 108 cm³/mol. The number of phenols is 2. The molecule has 0 atom stereocenters. The Morgan fingerprint density at radius 1 is 1.17 bits per heavy atom. The Labute approximate surface area is 176 Å². The van der Waals surface area contributed by atoms with Crippen molar-refractivity contribution in [1.82, 2.24) is 15.1 Å². The number of nitrogens with one attached hydrogen (secondary N) is 1. The molecule has 9 heteroatoms. The fourth-order valence-corrected chi connectivity index (χ4v) is 3.97. The van der Waals surface area contributed by atoms with Crippen LogP contribution in [0.5, 0.6) is 23.0 Å². The number of hydrogen-bond acceptors (Lipinski definition) is 6. The summed E-state index contributed by atoms with van der Waals surface area (Å²) in [6.07, 6.45) is 0.872. The van der Waals surface area contributed by atoms with Crippen LogP contribution in [0.3, 0.4) is 0 Å². The number of aromatic hydroxyl groups is 2. The summed E-state index contributed by atoms with van der Waals surface area (Å²) in [5, 5.41) is 27.4. The van der Waals surface area contributed by atoms with Crippen molar-refractivity contribution >= 4 is 17.5 Å². The Morgan fingerprint density at radius 3 is 2.87 bits per heavy atom. The van der Waals surface area contributed by atoms with Crippen LogP contribution >= 0.6 is 11.6 Å². The van der Waals surface area contributed by atoms with Crippen LogP contribution in [0.15, 0.2) is 30.3 Å². The number of aromatic amines is 1. The fraction of sp³-hybridized carbons (Fsp3) is 0.238. The van der Waals surface area contributed by atoms with Gasteiger partial charge >= 0.3 is 0 Å². The molecule has 1 aromatic heterocycles. The largest absolute Gasteiger partial charge is 0.507 e. The number of H-pyrrole nitrogens is 1. The van der Waals surface area contributed by atoms with Crippen molar-refractivity contribution in [1.29, 1.82) is 0 Å². The second kappa shape index (κ2) is 7.14. The summed E-state index contributed by atoms with van der Waals surface area (Å²) in [4.78, 5) is 14.7. The summed E-state index contributed by atoms with van der Waals surface area (Å²) in [7, 11) is 0. The minimum atomic E-state index is -0.206. The normalized spacial score (nSPS) is 14.6. The third-order valence-corrected chi connectivity index (χ3v) is 5.70. The van der Waals surface area contributed by atoms with Gasteiger partial charge in [0.15, 0.2) is 11.5 Å². The van der Waals surface area contributed by atoms with E-state index in [4.69, 9.17) is 21.1 Å². The van der Waals surface area contributed by atoms with Crippen LogP contribution in [-0.4, -0.2) is 44.6 Å². The lowest BCUT2D eigenvalue weighted by atomic mass is 9.99. The highest BCUT2D eigenvalue weighted by atomic mass is 35.5. The number of nitrogens with zero attached hydrogens (tertiary/aromatic N) is 2. The first-order valence-electron chi connectivity index (χ1n) is 9.44. The lowest BCUT2D eigenvalue weighted by Crippen LogP contribution is -2.36. The number of rotatable bonds is 3. The summed E-state index contributed by atoms with van der Waals surface area (Å²) in [5.74, 6) is 0.986. The molecular weight excluding hydrogens is 410 g/mol. The molecule has 0 spiro atoms. The van der Waals surface area contributed by atoms with Crippen LogP contribution in [-0.2, 0) is 24.2 Å². The Hall–Kier alpha value is -3.39. The molecule has 3 heterocycles. The van der Waals surface area contributed by atoms with Gasteiger partial charge in [-0.15, -0.1) is 0 Å². The van der Waals surface area contributed by atoms with E-state index in [1.54, 1.807) is 4.90 Å². The van der Waals surface area contributed by atoms with E-state index in [1.807, 2.05) is 18.2 Å². The minimum Gasteiger partial charge on any atom is -0.507 e. The van der Waals surface area contributed by atoms with Gasteiger partial charge in [0, 0.05) is 42.4 Å². The zero-order valence-electron chi connectivity index (χ0n) is 15.8. The van der Waals surface area contributed by atoms with Crippen LogP contribution in [0.4, 0.5) is 0 Å². The molecule has 8 nitrogen and oxygen atoms in total. The molecule has 0 fully saturated rings. The average molecular weight is 428 g/mol. The van der Waals surface area contributed by atoms with Gasteiger partial charge in [-0.1, -0.05) is 17.7 Å². The molecule has 0 unspecified atom stereocenters. The van der Waals surface area contributed by atoms with Crippen LogP contribution in [0.2, 0.25) is 5.02 Å². The number of hydrogen-bond donors (Lipinski definition) is 3. The second-order valence-corrected chi connectivity index (χ2v) is 7.69. The Bertz CT molecular complexity index is 1160. The summed E-state index contributed by atoms with van der Waals surface area (Å²) >= 11 is 6.01. The smallest absolute Gasteiger partial charge is 0.231 e. The van der Waals surface area contributed by atoms with Crippen molar-refractivity contribution < 1.29 is 24.5 Å². The van der Waals surface area contributed by atoms with Gasteiger partial charge < -0.3 is 24.6 Å². The van der Waals surface area contributed by atoms with Crippen LogP contribution in [0, 0.1) is 0 Å². The number of halogens is 1. The van der Waals surface area contributed by atoms with E-state index < -0.39 is 0 Å². The molecule has 2 aromatic carbocycles. The van der Waals surface area contributed by atoms with Crippen molar-refractivity contribution in [3.05, 3.63) is 52.2 Å². The fourth-order valence-electron chi connectivity index (χ4n) is 3.81. The molecule has 3 N–H and O–H groups in total. The van der Waals surface area contributed by atoms with E-state index in [-0.39, 0.29) is 35.6 Å². The standard InChI is InChI=1S/C21H18ClN3O5/c22-14-7-12(16(26)8-17(14)27)21-13-9-25(4-3-15(13)23-24-21)20(28)6-11-1-2-18-19(5-11)30-10-29-18/h1-2,5,7-8,26-27H,3-4,6,9-10H2,(H,23,24). The molecular formula is C21H18ClN3O5. The minimum absolute atomic E-state index is 0.0142. The zero-order chi connectivity index (χ0) is 20.8. The van der Waals surface area contributed by atoms with Gasteiger partial charge in [-0.25, -0.2) is 0 Å². The first kappa shape index (κ1) is 18.6. The number of carbonyl (C=O) groups is 1. The van der Waals surface area contributed by atoms with Crippen molar-refractivity contribution in [2.24, 2.45) is 0 Å². The van der Waals surface area contributed by atoms with Gasteiger partial charge in [-0.2, -0.15) is 5.10 Å². The quantitative estimate of drug-likeness (QED) is 0.593. The molecule has 2 aliphatic heterocycles. The number of aromatic nitrogens is 2. The zero-order valence-corrected chi connectivity index (χ0v) is 16.6. The lowest BCUT2D eigenvalue weighted by molar-refractivity contribution is -0.131. The first-order chi connectivity index (χ1) is 14.5. The second-order valence-electron chi connectivity index (χ2n) is 7.28. The molecule has 0 saturated heterocycles. The summed E-state index contributed by atoms with van der Waals surface area (Å²) < 4.78 is 10.7. The van der Waals surface area contributed by atoms with Crippen LogP contribution < -0.4 is 9.47 Å². The third kappa shape index (κ3) is 3.19. The Kier molecular flexibility index (Phi) is 4.43. The highest BCUT2D eigenvalue weighted by Gasteiger charge is 2.27. The SMILES string of the molecule is O=C(Cc1ccc2c(c1)OCO2)N1CCc2[nH]nc(-c3cc(Cl)c(O)cc3O)c2C1. The molecule has 30 heavy (non-hydrogen) atoms. The molecule has 1 amide bonds. The Balaban J connectivity index is 1.38. The maximum Gasteiger partial charge on any atom is 0.231 e. The summed E-state index contributed by atoms with van der Waals surface area (Å²) in [5.41, 5.74) is 3.52. The van der Waals surface area contributed by atoms with Crippen molar-refractivity contribution in [2.45, 2.75) is 19.4 Å². The first-order valence-corrected chi connectivity index (χ1v) is 9.81. The lowest BCUT2D eigenvalue weighted by Gasteiger charge is -2.27. The van der Waals surface area contributed by atoms with E-state index in [0.717, 1.165) is 16.8 Å². The van der Waals surface area contributed by atoms with Crippen LogP contribution in [0.25, 0.3) is 11.3 Å². The number of fused-ring (bicyclic) bond motifs is 2.